The SMILES string of the molecule is C=Cc1ccc(-n2c3ccccc3c3cc(CCCCCCCC)ccc32)cc1. The molecule has 0 amide bonds. The molecule has 0 saturated carbocycles. The van der Waals surface area contributed by atoms with Crippen molar-refractivity contribution in [3.05, 3.63) is 84.4 Å². The van der Waals surface area contributed by atoms with Gasteiger partial charge in [0, 0.05) is 16.5 Å². The Kier molecular flexibility index (Phi) is 6.14. The lowest BCUT2D eigenvalue weighted by atomic mass is 10.0. The Morgan fingerprint density at radius 1 is 0.759 bits per heavy atom. The lowest BCUT2D eigenvalue weighted by Crippen LogP contribution is -1.94. The average molecular weight is 382 g/mol. The van der Waals surface area contributed by atoms with Gasteiger partial charge in [-0.05, 0) is 54.3 Å². The van der Waals surface area contributed by atoms with Crippen LogP contribution in [-0.2, 0) is 6.42 Å². The number of nitrogens with zero attached hydrogens (tertiary/aromatic N) is 1. The number of hydrogen-bond donors (Lipinski definition) is 0. The summed E-state index contributed by atoms with van der Waals surface area (Å²) >= 11 is 0. The molecule has 1 nitrogen and oxygen atoms in total. The third kappa shape index (κ3) is 4.15. The van der Waals surface area contributed by atoms with Gasteiger partial charge in [0.15, 0.2) is 0 Å². The van der Waals surface area contributed by atoms with E-state index in [4.69, 9.17) is 0 Å². The van der Waals surface area contributed by atoms with E-state index in [9.17, 15) is 0 Å². The maximum absolute atomic E-state index is 3.87. The van der Waals surface area contributed by atoms with Gasteiger partial charge in [-0.15, -0.1) is 0 Å². The Labute approximate surface area is 174 Å². The molecular formula is C28H31N. The molecule has 0 aliphatic rings. The Hall–Kier alpha value is -2.80. The highest BCUT2D eigenvalue weighted by Gasteiger charge is 2.12. The Morgan fingerprint density at radius 2 is 1.48 bits per heavy atom. The molecule has 0 N–H and O–H groups in total. The zero-order chi connectivity index (χ0) is 20.1. The molecule has 148 valence electrons. The molecule has 0 spiro atoms. The van der Waals surface area contributed by atoms with E-state index < -0.39 is 0 Å². The van der Waals surface area contributed by atoms with Crippen LogP contribution in [0.5, 0.6) is 0 Å². The molecule has 0 radical (unpaired) electrons. The number of para-hydroxylation sites is 1. The van der Waals surface area contributed by atoms with Gasteiger partial charge in [-0.25, -0.2) is 0 Å². The molecule has 4 aromatic rings. The Balaban J connectivity index is 1.66. The zero-order valence-electron chi connectivity index (χ0n) is 17.5. The molecule has 0 saturated heterocycles. The van der Waals surface area contributed by atoms with Gasteiger partial charge < -0.3 is 4.57 Å². The predicted molar refractivity (Wildman–Crippen MR) is 128 cm³/mol. The molecule has 0 aliphatic heterocycles. The molecule has 0 bridgehead atoms. The summed E-state index contributed by atoms with van der Waals surface area (Å²) in [5.74, 6) is 0. The van der Waals surface area contributed by atoms with E-state index in [0.717, 1.165) is 5.56 Å². The molecule has 1 heteroatoms. The molecule has 1 heterocycles. The van der Waals surface area contributed by atoms with E-state index in [1.54, 1.807) is 0 Å². The van der Waals surface area contributed by atoms with Crippen LogP contribution < -0.4 is 0 Å². The van der Waals surface area contributed by atoms with Crippen LogP contribution in [0, 0.1) is 0 Å². The quantitative estimate of drug-likeness (QED) is 0.257. The minimum atomic E-state index is 1.15. The summed E-state index contributed by atoms with van der Waals surface area (Å²) in [6.45, 7) is 6.15. The van der Waals surface area contributed by atoms with Crippen LogP contribution in [-0.4, -0.2) is 4.57 Å². The first-order valence-electron chi connectivity index (χ1n) is 11.1. The lowest BCUT2D eigenvalue weighted by molar-refractivity contribution is 0.607. The fourth-order valence-corrected chi connectivity index (χ4v) is 4.32. The van der Waals surface area contributed by atoms with E-state index in [0.29, 0.717) is 0 Å². The van der Waals surface area contributed by atoms with Gasteiger partial charge in [0.05, 0.1) is 11.0 Å². The minimum Gasteiger partial charge on any atom is -0.309 e. The monoisotopic (exact) mass is 381 g/mol. The highest BCUT2D eigenvalue weighted by Crippen LogP contribution is 2.33. The Morgan fingerprint density at radius 3 is 2.28 bits per heavy atom. The van der Waals surface area contributed by atoms with Gasteiger partial charge in [-0.2, -0.15) is 0 Å². The number of hydrogen-bond acceptors (Lipinski definition) is 0. The largest absolute Gasteiger partial charge is 0.309 e. The van der Waals surface area contributed by atoms with Crippen molar-refractivity contribution < 1.29 is 0 Å². The summed E-state index contributed by atoms with van der Waals surface area (Å²) in [7, 11) is 0. The third-order valence-corrected chi connectivity index (χ3v) is 5.94. The normalized spacial score (nSPS) is 11.3. The molecule has 0 aliphatic carbocycles. The van der Waals surface area contributed by atoms with Crippen molar-refractivity contribution in [2.45, 2.75) is 51.9 Å². The molecular weight excluding hydrogens is 350 g/mol. The summed E-state index contributed by atoms with van der Waals surface area (Å²) in [5, 5.41) is 2.69. The second kappa shape index (κ2) is 9.13. The number of benzene rings is 3. The molecule has 0 fully saturated rings. The van der Waals surface area contributed by atoms with Crippen molar-refractivity contribution in [3.63, 3.8) is 0 Å². The maximum Gasteiger partial charge on any atom is 0.0541 e. The van der Waals surface area contributed by atoms with Crippen molar-refractivity contribution in [2.75, 3.05) is 0 Å². The van der Waals surface area contributed by atoms with Gasteiger partial charge in [0.2, 0.25) is 0 Å². The van der Waals surface area contributed by atoms with E-state index in [2.05, 4.69) is 84.8 Å². The first-order chi connectivity index (χ1) is 14.3. The van der Waals surface area contributed by atoms with Gasteiger partial charge in [-0.3, -0.25) is 0 Å². The molecule has 4 rings (SSSR count). The van der Waals surface area contributed by atoms with E-state index in [-0.39, 0.29) is 0 Å². The fraction of sp³-hybridized carbons (Fsp3) is 0.286. The average Bonchev–Trinajstić information content (AvgIpc) is 3.10. The number of unbranched alkanes of at least 4 members (excludes halogenated alkanes) is 5. The number of aryl methyl sites for hydroxylation is 1. The molecule has 0 atom stereocenters. The van der Waals surface area contributed by atoms with E-state index in [1.165, 1.54) is 78.0 Å². The highest BCUT2D eigenvalue weighted by atomic mass is 15.0. The summed E-state index contributed by atoms with van der Waals surface area (Å²) in [6.07, 6.45) is 11.1. The smallest absolute Gasteiger partial charge is 0.0541 e. The first kappa shape index (κ1) is 19.5. The van der Waals surface area contributed by atoms with Crippen LogP contribution in [0.3, 0.4) is 0 Å². The topological polar surface area (TPSA) is 4.93 Å². The predicted octanol–water partition coefficient (Wildman–Crippen LogP) is 8.33. The standard InChI is InChI=1S/C28H31N/c1-3-5-6-7-8-9-12-23-17-20-28-26(21-23)25-13-10-11-14-27(25)29(28)24-18-15-22(4-2)16-19-24/h4,10-11,13-21H,2-3,5-9,12H2,1H3. The van der Waals surface area contributed by atoms with Crippen molar-refractivity contribution in [1.29, 1.82) is 0 Å². The van der Waals surface area contributed by atoms with Crippen molar-refractivity contribution >= 4 is 27.9 Å². The van der Waals surface area contributed by atoms with Gasteiger partial charge in [-0.1, -0.05) is 88.1 Å². The number of rotatable bonds is 9. The van der Waals surface area contributed by atoms with Gasteiger partial charge in [0.1, 0.15) is 0 Å². The maximum atomic E-state index is 3.87. The van der Waals surface area contributed by atoms with Crippen molar-refractivity contribution in [1.82, 2.24) is 4.57 Å². The third-order valence-electron chi connectivity index (χ3n) is 5.94. The second-order valence-corrected chi connectivity index (χ2v) is 8.02. The van der Waals surface area contributed by atoms with Crippen LogP contribution in [0.15, 0.2) is 73.3 Å². The van der Waals surface area contributed by atoms with Crippen molar-refractivity contribution in [3.8, 4) is 5.69 Å². The summed E-state index contributed by atoms with van der Waals surface area (Å²) in [4.78, 5) is 0. The summed E-state index contributed by atoms with van der Waals surface area (Å²) in [5.41, 5.74) is 6.36. The summed E-state index contributed by atoms with van der Waals surface area (Å²) in [6, 6.07) is 24.4. The Bertz CT molecular complexity index is 1100. The van der Waals surface area contributed by atoms with Crippen LogP contribution >= 0.6 is 0 Å². The van der Waals surface area contributed by atoms with E-state index >= 15 is 0 Å². The van der Waals surface area contributed by atoms with Crippen LogP contribution in [0.4, 0.5) is 0 Å². The second-order valence-electron chi connectivity index (χ2n) is 8.02. The molecule has 29 heavy (non-hydrogen) atoms. The summed E-state index contributed by atoms with van der Waals surface area (Å²) < 4.78 is 2.38. The van der Waals surface area contributed by atoms with Crippen LogP contribution in [0.2, 0.25) is 0 Å². The molecule has 0 unspecified atom stereocenters. The van der Waals surface area contributed by atoms with Gasteiger partial charge in [0.25, 0.3) is 0 Å². The number of aromatic nitrogens is 1. The number of fused-ring (bicyclic) bond motifs is 3. The minimum absolute atomic E-state index is 1.15. The van der Waals surface area contributed by atoms with Crippen molar-refractivity contribution in [2.24, 2.45) is 0 Å². The van der Waals surface area contributed by atoms with Crippen LogP contribution in [0.1, 0.15) is 56.6 Å². The van der Waals surface area contributed by atoms with E-state index in [1.807, 2.05) is 6.08 Å². The molecule has 1 aromatic heterocycles. The first-order valence-corrected chi connectivity index (χ1v) is 11.1. The zero-order valence-corrected chi connectivity index (χ0v) is 17.5. The van der Waals surface area contributed by atoms with Crippen LogP contribution in [0.25, 0.3) is 33.6 Å². The highest BCUT2D eigenvalue weighted by molar-refractivity contribution is 6.09. The molecule has 3 aromatic carbocycles. The fourth-order valence-electron chi connectivity index (χ4n) is 4.32. The lowest BCUT2D eigenvalue weighted by Gasteiger charge is -2.09. The van der Waals surface area contributed by atoms with Gasteiger partial charge >= 0.3 is 0 Å².